The van der Waals surface area contributed by atoms with Crippen molar-refractivity contribution < 1.29 is 4.79 Å². The summed E-state index contributed by atoms with van der Waals surface area (Å²) in [5, 5.41) is 6.76. The fourth-order valence-corrected chi connectivity index (χ4v) is 2.48. The van der Waals surface area contributed by atoms with Crippen molar-refractivity contribution in [2.24, 2.45) is 5.10 Å². The van der Waals surface area contributed by atoms with Crippen LogP contribution in [0.4, 0.5) is 0 Å². The quantitative estimate of drug-likeness (QED) is 0.679. The number of aromatic nitrogens is 2. The molecule has 0 saturated carbocycles. The van der Waals surface area contributed by atoms with Crippen LogP contribution in [0.25, 0.3) is 5.13 Å². The lowest BCUT2D eigenvalue weighted by Crippen LogP contribution is -2.12. The SMILES string of the molecule is CC(=O)N/N=C\c1cc(C)n(-c2nccs2)c1C. The molecule has 2 heterocycles. The Hall–Kier alpha value is -1.95. The maximum atomic E-state index is 10.7. The highest BCUT2D eigenvalue weighted by Crippen LogP contribution is 2.20. The topological polar surface area (TPSA) is 59.3 Å². The second-order valence-electron chi connectivity index (χ2n) is 3.90. The van der Waals surface area contributed by atoms with Crippen LogP contribution in [0.2, 0.25) is 0 Å². The third-order valence-corrected chi connectivity index (χ3v) is 3.26. The summed E-state index contributed by atoms with van der Waals surface area (Å²) < 4.78 is 2.07. The lowest BCUT2D eigenvalue weighted by atomic mass is 10.3. The molecule has 2 rings (SSSR count). The third-order valence-electron chi connectivity index (χ3n) is 2.51. The monoisotopic (exact) mass is 262 g/mol. The molecule has 0 aliphatic heterocycles. The van der Waals surface area contributed by atoms with E-state index in [1.807, 2.05) is 25.3 Å². The summed E-state index contributed by atoms with van der Waals surface area (Å²) in [6.07, 6.45) is 3.43. The molecule has 0 fully saturated rings. The van der Waals surface area contributed by atoms with Gasteiger partial charge in [0.1, 0.15) is 0 Å². The summed E-state index contributed by atoms with van der Waals surface area (Å²) >= 11 is 1.58. The van der Waals surface area contributed by atoms with E-state index in [4.69, 9.17) is 0 Å². The van der Waals surface area contributed by atoms with Crippen LogP contribution in [-0.4, -0.2) is 21.7 Å². The predicted molar refractivity (Wildman–Crippen MR) is 72.3 cm³/mol. The van der Waals surface area contributed by atoms with E-state index in [0.717, 1.165) is 22.1 Å². The summed E-state index contributed by atoms with van der Waals surface area (Å²) in [6, 6.07) is 2.02. The summed E-state index contributed by atoms with van der Waals surface area (Å²) in [5.74, 6) is -0.181. The Morgan fingerprint density at radius 2 is 2.33 bits per heavy atom. The first-order valence-electron chi connectivity index (χ1n) is 5.48. The van der Waals surface area contributed by atoms with Gasteiger partial charge in [-0.15, -0.1) is 11.3 Å². The molecule has 6 heteroatoms. The minimum atomic E-state index is -0.181. The minimum absolute atomic E-state index is 0.181. The zero-order valence-corrected chi connectivity index (χ0v) is 11.3. The summed E-state index contributed by atoms with van der Waals surface area (Å²) in [7, 11) is 0. The van der Waals surface area contributed by atoms with E-state index in [1.54, 1.807) is 23.7 Å². The smallest absolute Gasteiger partial charge is 0.236 e. The van der Waals surface area contributed by atoms with Crippen LogP contribution in [0.15, 0.2) is 22.7 Å². The third kappa shape index (κ3) is 2.48. The van der Waals surface area contributed by atoms with Crippen molar-refractivity contribution >= 4 is 23.5 Å². The number of nitrogens with zero attached hydrogens (tertiary/aromatic N) is 3. The number of thiazole rings is 1. The van der Waals surface area contributed by atoms with Crippen molar-refractivity contribution in [3.05, 3.63) is 34.6 Å². The zero-order chi connectivity index (χ0) is 13.1. The highest BCUT2D eigenvalue weighted by Gasteiger charge is 2.10. The predicted octanol–water partition coefficient (Wildman–Crippen LogP) is 2.02. The molecule has 2 aromatic heterocycles. The molecule has 0 unspecified atom stereocenters. The van der Waals surface area contributed by atoms with E-state index in [0.29, 0.717) is 0 Å². The van der Waals surface area contributed by atoms with E-state index in [-0.39, 0.29) is 5.91 Å². The fourth-order valence-electron chi connectivity index (χ4n) is 1.73. The molecule has 1 N–H and O–H groups in total. The van der Waals surface area contributed by atoms with Crippen LogP contribution in [0.3, 0.4) is 0 Å². The number of carbonyl (C=O) groups is 1. The van der Waals surface area contributed by atoms with Crippen LogP contribution in [0, 0.1) is 13.8 Å². The molecule has 0 aliphatic rings. The number of carbonyl (C=O) groups excluding carboxylic acids is 1. The number of hydrogen-bond donors (Lipinski definition) is 1. The van der Waals surface area contributed by atoms with Gasteiger partial charge in [-0.25, -0.2) is 10.4 Å². The first-order chi connectivity index (χ1) is 8.59. The minimum Gasteiger partial charge on any atom is -0.294 e. The molecular weight excluding hydrogens is 248 g/mol. The van der Waals surface area contributed by atoms with Gasteiger partial charge >= 0.3 is 0 Å². The second-order valence-corrected chi connectivity index (χ2v) is 4.78. The zero-order valence-electron chi connectivity index (χ0n) is 10.5. The van der Waals surface area contributed by atoms with E-state index >= 15 is 0 Å². The van der Waals surface area contributed by atoms with Crippen molar-refractivity contribution in [3.63, 3.8) is 0 Å². The van der Waals surface area contributed by atoms with Crippen LogP contribution in [0.1, 0.15) is 23.9 Å². The molecule has 0 atom stereocenters. The van der Waals surface area contributed by atoms with Crippen molar-refractivity contribution in [2.45, 2.75) is 20.8 Å². The van der Waals surface area contributed by atoms with Crippen molar-refractivity contribution in [3.8, 4) is 5.13 Å². The molecule has 1 amide bonds. The van der Waals surface area contributed by atoms with Crippen molar-refractivity contribution in [1.29, 1.82) is 0 Å². The molecule has 2 aromatic rings. The Morgan fingerprint density at radius 1 is 1.56 bits per heavy atom. The standard InChI is InChI=1S/C12H14N4OS/c1-8-6-11(7-14-15-10(3)17)9(2)16(8)12-13-4-5-18-12/h4-7H,1-3H3,(H,15,17)/b14-7-. The van der Waals surface area contributed by atoms with Crippen LogP contribution in [-0.2, 0) is 4.79 Å². The van der Waals surface area contributed by atoms with Gasteiger partial charge in [-0.1, -0.05) is 0 Å². The van der Waals surface area contributed by atoms with Gasteiger partial charge in [0.2, 0.25) is 5.91 Å². The lowest BCUT2D eigenvalue weighted by molar-refractivity contribution is -0.118. The summed E-state index contributed by atoms with van der Waals surface area (Å²) in [4.78, 5) is 15.0. The first-order valence-corrected chi connectivity index (χ1v) is 6.36. The van der Waals surface area contributed by atoms with E-state index in [1.165, 1.54) is 6.92 Å². The van der Waals surface area contributed by atoms with E-state index in [2.05, 4.69) is 20.1 Å². The highest BCUT2D eigenvalue weighted by molar-refractivity contribution is 7.12. The van der Waals surface area contributed by atoms with Gasteiger partial charge in [-0.3, -0.25) is 9.36 Å². The number of amides is 1. The van der Waals surface area contributed by atoms with Crippen LogP contribution >= 0.6 is 11.3 Å². The molecule has 0 bridgehead atoms. The van der Waals surface area contributed by atoms with Gasteiger partial charge in [-0.05, 0) is 19.9 Å². The average Bonchev–Trinajstić information content (AvgIpc) is 2.88. The van der Waals surface area contributed by atoms with Gasteiger partial charge in [0.05, 0.1) is 6.21 Å². The van der Waals surface area contributed by atoms with Gasteiger partial charge in [-0.2, -0.15) is 5.10 Å². The van der Waals surface area contributed by atoms with Crippen LogP contribution in [0.5, 0.6) is 0 Å². The Bertz CT molecular complexity index is 583. The average molecular weight is 262 g/mol. The summed E-state index contributed by atoms with van der Waals surface area (Å²) in [5.41, 5.74) is 5.50. The fraction of sp³-hybridized carbons (Fsp3) is 0.250. The molecule has 0 saturated heterocycles. The van der Waals surface area contributed by atoms with E-state index in [9.17, 15) is 4.79 Å². The van der Waals surface area contributed by atoms with Gasteiger partial charge in [0.25, 0.3) is 0 Å². The number of aryl methyl sites for hydroxylation is 1. The highest BCUT2D eigenvalue weighted by atomic mass is 32.1. The largest absolute Gasteiger partial charge is 0.294 e. The second kappa shape index (κ2) is 5.14. The molecule has 0 aromatic carbocycles. The Labute approximate surface area is 109 Å². The molecular formula is C12H14N4OS. The normalized spacial score (nSPS) is 11.1. The molecule has 0 aliphatic carbocycles. The number of hydrazone groups is 1. The van der Waals surface area contributed by atoms with Gasteiger partial charge in [0, 0.05) is 35.5 Å². The summed E-state index contributed by atoms with van der Waals surface area (Å²) in [6.45, 7) is 5.45. The molecule has 94 valence electrons. The van der Waals surface area contributed by atoms with Crippen molar-refractivity contribution in [1.82, 2.24) is 15.0 Å². The number of rotatable bonds is 3. The lowest BCUT2D eigenvalue weighted by Gasteiger charge is -2.04. The van der Waals surface area contributed by atoms with Crippen molar-refractivity contribution in [2.75, 3.05) is 0 Å². The first kappa shape index (κ1) is 12.5. The van der Waals surface area contributed by atoms with Crippen LogP contribution < -0.4 is 5.43 Å². The Morgan fingerprint density at radius 3 is 2.94 bits per heavy atom. The Kier molecular flexibility index (Phi) is 3.57. The van der Waals surface area contributed by atoms with Gasteiger partial charge < -0.3 is 0 Å². The maximum absolute atomic E-state index is 10.7. The number of nitrogens with one attached hydrogen (secondary N) is 1. The Balaban J connectivity index is 2.32. The maximum Gasteiger partial charge on any atom is 0.236 e. The van der Waals surface area contributed by atoms with E-state index < -0.39 is 0 Å². The van der Waals surface area contributed by atoms with Gasteiger partial charge in [0.15, 0.2) is 5.13 Å². The molecule has 18 heavy (non-hydrogen) atoms. The number of hydrogen-bond acceptors (Lipinski definition) is 4. The molecule has 5 nitrogen and oxygen atoms in total. The molecule has 0 spiro atoms. The molecule has 0 radical (unpaired) electrons.